The molecular formula is C14H14N2. The predicted molar refractivity (Wildman–Crippen MR) is 64.3 cm³/mol. The fourth-order valence-electron chi connectivity index (χ4n) is 2.49. The Hall–Kier alpha value is -1.70. The Morgan fingerprint density at radius 1 is 0.812 bits per heavy atom. The first kappa shape index (κ1) is 9.52. The topological polar surface area (TPSA) is 25.8 Å². The molecule has 0 bridgehead atoms. The molecule has 0 fully saturated rings. The molecule has 0 aliphatic heterocycles. The molecule has 16 heavy (non-hydrogen) atoms. The fraction of sp³-hybridized carbons (Fsp3) is 0.286. The van der Waals surface area contributed by atoms with Crippen molar-refractivity contribution < 1.29 is 0 Å². The van der Waals surface area contributed by atoms with E-state index in [2.05, 4.69) is 35.9 Å². The van der Waals surface area contributed by atoms with E-state index in [1.54, 1.807) is 0 Å². The van der Waals surface area contributed by atoms with E-state index in [1.165, 1.54) is 22.5 Å². The van der Waals surface area contributed by atoms with E-state index in [0.29, 0.717) is 11.8 Å². The lowest BCUT2D eigenvalue weighted by atomic mass is 9.78. The number of aromatic nitrogens is 2. The summed E-state index contributed by atoms with van der Waals surface area (Å²) in [6.07, 6.45) is 3.76. The van der Waals surface area contributed by atoms with Crippen molar-refractivity contribution in [1.29, 1.82) is 0 Å². The maximum absolute atomic E-state index is 4.52. The third-order valence-electron chi connectivity index (χ3n) is 3.58. The van der Waals surface area contributed by atoms with Gasteiger partial charge >= 0.3 is 0 Å². The third kappa shape index (κ3) is 1.19. The molecule has 2 aromatic heterocycles. The lowest BCUT2D eigenvalue weighted by Gasteiger charge is -2.28. The smallest absolute Gasteiger partial charge is 0.0517 e. The molecule has 0 saturated carbocycles. The molecule has 1 aliphatic carbocycles. The Bertz CT molecular complexity index is 484. The van der Waals surface area contributed by atoms with Gasteiger partial charge in [0.15, 0.2) is 0 Å². The molecule has 0 saturated heterocycles. The molecule has 0 amide bonds. The van der Waals surface area contributed by atoms with Crippen LogP contribution in [-0.4, -0.2) is 9.97 Å². The van der Waals surface area contributed by atoms with Crippen LogP contribution in [0, 0.1) is 0 Å². The molecule has 2 nitrogen and oxygen atoms in total. The summed E-state index contributed by atoms with van der Waals surface area (Å²) in [6.45, 7) is 4.46. The van der Waals surface area contributed by atoms with Crippen LogP contribution >= 0.6 is 0 Å². The van der Waals surface area contributed by atoms with E-state index in [0.717, 1.165) is 0 Å². The van der Waals surface area contributed by atoms with Gasteiger partial charge < -0.3 is 0 Å². The largest absolute Gasteiger partial charge is 0.260 e. The molecule has 0 N–H and O–H groups in total. The zero-order chi connectivity index (χ0) is 11.1. The fourth-order valence-corrected chi connectivity index (χ4v) is 2.49. The van der Waals surface area contributed by atoms with Crippen molar-refractivity contribution in [3.05, 3.63) is 48.0 Å². The van der Waals surface area contributed by atoms with Gasteiger partial charge in [0.2, 0.25) is 0 Å². The molecular weight excluding hydrogens is 196 g/mol. The minimum absolute atomic E-state index is 0.443. The highest BCUT2D eigenvalue weighted by Gasteiger charge is 2.29. The summed E-state index contributed by atoms with van der Waals surface area (Å²) in [5, 5.41) is 0. The second-order valence-electron chi connectivity index (χ2n) is 4.45. The van der Waals surface area contributed by atoms with Gasteiger partial charge in [0, 0.05) is 35.4 Å². The Kier molecular flexibility index (Phi) is 2.03. The van der Waals surface area contributed by atoms with Gasteiger partial charge in [-0.25, -0.2) is 0 Å². The van der Waals surface area contributed by atoms with Gasteiger partial charge in [-0.3, -0.25) is 9.97 Å². The van der Waals surface area contributed by atoms with Crippen LogP contribution in [0.4, 0.5) is 0 Å². The summed E-state index contributed by atoms with van der Waals surface area (Å²) in [4.78, 5) is 9.04. The molecule has 2 atom stereocenters. The zero-order valence-corrected chi connectivity index (χ0v) is 9.51. The second kappa shape index (κ2) is 3.41. The SMILES string of the molecule is CC1c2ncccc2-c2cccnc2[C@H]1C. The first-order valence-corrected chi connectivity index (χ1v) is 5.69. The van der Waals surface area contributed by atoms with Crippen LogP contribution in [0.5, 0.6) is 0 Å². The van der Waals surface area contributed by atoms with E-state index < -0.39 is 0 Å². The lowest BCUT2D eigenvalue weighted by Crippen LogP contribution is -2.15. The first-order valence-electron chi connectivity index (χ1n) is 5.69. The summed E-state index contributed by atoms with van der Waals surface area (Å²) in [6, 6.07) is 8.28. The molecule has 2 aromatic rings. The van der Waals surface area contributed by atoms with Crippen molar-refractivity contribution in [2.45, 2.75) is 25.7 Å². The number of pyridine rings is 2. The van der Waals surface area contributed by atoms with Crippen molar-refractivity contribution in [3.63, 3.8) is 0 Å². The average Bonchev–Trinajstić information content (AvgIpc) is 2.36. The van der Waals surface area contributed by atoms with Crippen LogP contribution in [-0.2, 0) is 0 Å². The normalized spacial score (nSPS) is 22.4. The van der Waals surface area contributed by atoms with Crippen LogP contribution in [0.15, 0.2) is 36.7 Å². The average molecular weight is 210 g/mol. The number of hydrogen-bond acceptors (Lipinski definition) is 2. The summed E-state index contributed by atoms with van der Waals surface area (Å²) >= 11 is 0. The molecule has 3 rings (SSSR count). The highest BCUT2D eigenvalue weighted by Crippen LogP contribution is 2.43. The number of fused-ring (bicyclic) bond motifs is 3. The van der Waals surface area contributed by atoms with Gasteiger partial charge in [-0.2, -0.15) is 0 Å². The van der Waals surface area contributed by atoms with E-state index >= 15 is 0 Å². The van der Waals surface area contributed by atoms with Crippen molar-refractivity contribution >= 4 is 0 Å². The van der Waals surface area contributed by atoms with Crippen LogP contribution in [0.3, 0.4) is 0 Å². The quantitative estimate of drug-likeness (QED) is 0.666. The number of hydrogen-bond donors (Lipinski definition) is 0. The molecule has 2 heteroatoms. The van der Waals surface area contributed by atoms with Crippen molar-refractivity contribution in [2.24, 2.45) is 0 Å². The molecule has 1 unspecified atom stereocenters. The zero-order valence-electron chi connectivity index (χ0n) is 9.51. The second-order valence-corrected chi connectivity index (χ2v) is 4.45. The first-order chi connectivity index (χ1) is 7.79. The van der Waals surface area contributed by atoms with Gasteiger partial charge in [-0.1, -0.05) is 26.0 Å². The summed E-state index contributed by atoms with van der Waals surface area (Å²) in [7, 11) is 0. The third-order valence-corrected chi connectivity index (χ3v) is 3.58. The molecule has 0 spiro atoms. The molecule has 0 aromatic carbocycles. The molecule has 0 radical (unpaired) electrons. The van der Waals surface area contributed by atoms with E-state index in [-0.39, 0.29) is 0 Å². The van der Waals surface area contributed by atoms with Gasteiger partial charge in [0.05, 0.1) is 11.4 Å². The maximum atomic E-state index is 4.52. The van der Waals surface area contributed by atoms with Crippen molar-refractivity contribution in [2.75, 3.05) is 0 Å². The minimum Gasteiger partial charge on any atom is -0.260 e. The predicted octanol–water partition coefficient (Wildman–Crippen LogP) is 3.36. The van der Waals surface area contributed by atoms with Crippen LogP contribution < -0.4 is 0 Å². The lowest BCUT2D eigenvalue weighted by molar-refractivity contribution is 0.585. The van der Waals surface area contributed by atoms with Crippen LogP contribution in [0.25, 0.3) is 11.1 Å². The van der Waals surface area contributed by atoms with E-state index in [1.807, 2.05) is 24.5 Å². The monoisotopic (exact) mass is 210 g/mol. The minimum atomic E-state index is 0.443. The molecule has 2 heterocycles. The highest BCUT2D eigenvalue weighted by molar-refractivity contribution is 5.71. The Morgan fingerprint density at radius 2 is 1.25 bits per heavy atom. The van der Waals surface area contributed by atoms with Gasteiger partial charge in [0.1, 0.15) is 0 Å². The summed E-state index contributed by atoms with van der Waals surface area (Å²) in [5.74, 6) is 0.886. The van der Waals surface area contributed by atoms with Crippen LogP contribution in [0.1, 0.15) is 37.1 Å². The van der Waals surface area contributed by atoms with Crippen molar-refractivity contribution in [1.82, 2.24) is 9.97 Å². The van der Waals surface area contributed by atoms with Crippen molar-refractivity contribution in [3.8, 4) is 11.1 Å². The Labute approximate surface area is 95.4 Å². The maximum Gasteiger partial charge on any atom is 0.0517 e. The summed E-state index contributed by atoms with van der Waals surface area (Å²) < 4.78 is 0. The number of rotatable bonds is 0. The van der Waals surface area contributed by atoms with E-state index in [9.17, 15) is 0 Å². The molecule has 80 valence electrons. The Morgan fingerprint density at radius 3 is 1.69 bits per heavy atom. The van der Waals surface area contributed by atoms with Gasteiger partial charge in [-0.15, -0.1) is 0 Å². The summed E-state index contributed by atoms with van der Waals surface area (Å²) in [5.41, 5.74) is 4.90. The highest BCUT2D eigenvalue weighted by atomic mass is 14.7. The number of nitrogens with zero attached hydrogens (tertiary/aromatic N) is 2. The van der Waals surface area contributed by atoms with Gasteiger partial charge in [-0.05, 0) is 12.1 Å². The van der Waals surface area contributed by atoms with Crippen LogP contribution in [0.2, 0.25) is 0 Å². The molecule has 1 aliphatic rings. The Balaban J connectivity index is 2.33. The van der Waals surface area contributed by atoms with E-state index in [4.69, 9.17) is 0 Å². The standard InChI is InChI=1S/C14H14N2/c1-9-10(2)14-12(6-4-8-16-14)11-5-3-7-15-13(9)11/h3-10H,1-2H3/t9-,10?/m0/s1. The van der Waals surface area contributed by atoms with Gasteiger partial charge in [0.25, 0.3) is 0 Å².